The van der Waals surface area contributed by atoms with Crippen molar-refractivity contribution in [2.24, 2.45) is 0 Å². The summed E-state index contributed by atoms with van der Waals surface area (Å²) in [6.45, 7) is 0. The highest BCUT2D eigenvalue weighted by Gasteiger charge is 2.51. The molecule has 0 saturated carbocycles. The quantitative estimate of drug-likeness (QED) is 0.163. The summed E-state index contributed by atoms with van der Waals surface area (Å²) in [5.41, 5.74) is 21.9. The molecule has 2 nitrogen and oxygen atoms in total. The van der Waals surface area contributed by atoms with E-state index in [2.05, 4.69) is 252 Å². The molecule has 0 N–H and O–H groups in total. The van der Waals surface area contributed by atoms with E-state index in [9.17, 15) is 0 Å². The molecule has 2 aliphatic rings. The third-order valence-electron chi connectivity index (χ3n) is 13.6. The number of hydrogen-bond donors (Lipinski definition) is 0. The SMILES string of the molecule is c1ccc(-c2ccc(-n3c4ccccc4c4cc(-c5ccc(N(c6ccccc6)c6ccc7c(c6)C6(c8ccccc8-c8ccccc86)c6ccccc6-7)cc5)ccc43)cc2)cc1. The van der Waals surface area contributed by atoms with Gasteiger partial charge in [-0.2, -0.15) is 0 Å². The first-order chi connectivity index (χ1) is 31.3. The van der Waals surface area contributed by atoms with Crippen molar-refractivity contribution < 1.29 is 0 Å². The molecule has 0 atom stereocenters. The van der Waals surface area contributed by atoms with Crippen LogP contribution in [0.2, 0.25) is 0 Å². The molecule has 0 aliphatic heterocycles. The fraction of sp³-hybridized carbons (Fsp3) is 0.0164. The maximum Gasteiger partial charge on any atom is 0.0726 e. The number of aromatic nitrogens is 1. The molecule has 1 heterocycles. The molecule has 0 fully saturated rings. The van der Waals surface area contributed by atoms with Crippen LogP contribution in [0.5, 0.6) is 0 Å². The van der Waals surface area contributed by atoms with Crippen LogP contribution >= 0.6 is 0 Å². The molecule has 13 rings (SSSR count). The van der Waals surface area contributed by atoms with Crippen LogP contribution in [-0.2, 0) is 5.41 Å². The Morgan fingerprint density at radius 3 is 1.41 bits per heavy atom. The van der Waals surface area contributed by atoms with Gasteiger partial charge in [0.25, 0.3) is 0 Å². The van der Waals surface area contributed by atoms with Crippen molar-refractivity contribution in [3.05, 3.63) is 265 Å². The third kappa shape index (κ3) is 5.25. The van der Waals surface area contributed by atoms with Gasteiger partial charge in [0.2, 0.25) is 0 Å². The first-order valence-electron chi connectivity index (χ1n) is 21.8. The van der Waals surface area contributed by atoms with Crippen LogP contribution in [0.1, 0.15) is 22.3 Å². The van der Waals surface area contributed by atoms with Gasteiger partial charge in [0, 0.05) is 33.5 Å². The minimum atomic E-state index is -0.408. The van der Waals surface area contributed by atoms with Crippen LogP contribution in [-0.4, -0.2) is 4.57 Å². The second-order valence-electron chi connectivity index (χ2n) is 16.8. The minimum Gasteiger partial charge on any atom is -0.310 e. The van der Waals surface area contributed by atoms with E-state index < -0.39 is 5.41 Å². The van der Waals surface area contributed by atoms with Crippen LogP contribution in [0.3, 0.4) is 0 Å². The van der Waals surface area contributed by atoms with E-state index in [1.54, 1.807) is 0 Å². The highest BCUT2D eigenvalue weighted by molar-refractivity contribution is 6.10. The second-order valence-corrected chi connectivity index (χ2v) is 16.8. The Kier molecular flexibility index (Phi) is 7.85. The summed E-state index contributed by atoms with van der Waals surface area (Å²) in [6.07, 6.45) is 0. The molecule has 11 aromatic rings. The van der Waals surface area contributed by atoms with Crippen LogP contribution < -0.4 is 4.90 Å². The highest BCUT2D eigenvalue weighted by Crippen LogP contribution is 2.63. The second kappa shape index (κ2) is 13.9. The standard InChI is InChI=1S/C61H40N2/c1-3-15-41(16-4-1)42-27-34-47(35-28-42)63-59-26-14-10-22-53(59)54-39-44(31-38-60(54)63)43-29-32-46(33-30-43)62(45-17-5-2-6-18-45)48-36-37-52-51-21-9-13-25-57(51)61(58(52)40-48)55-23-11-7-19-49(55)50-20-8-12-24-56(50)61/h1-40H. The Balaban J connectivity index is 0.914. The fourth-order valence-corrected chi connectivity index (χ4v) is 10.9. The van der Waals surface area contributed by atoms with Crippen LogP contribution in [0.4, 0.5) is 17.1 Å². The highest BCUT2D eigenvalue weighted by atomic mass is 15.1. The number of fused-ring (bicyclic) bond motifs is 13. The number of hydrogen-bond acceptors (Lipinski definition) is 1. The first kappa shape index (κ1) is 35.5. The average Bonchev–Trinajstić information content (AvgIpc) is 3.96. The van der Waals surface area contributed by atoms with Crippen molar-refractivity contribution in [1.82, 2.24) is 4.57 Å². The Morgan fingerprint density at radius 1 is 0.286 bits per heavy atom. The zero-order valence-electron chi connectivity index (χ0n) is 34.5. The van der Waals surface area contributed by atoms with Crippen molar-refractivity contribution in [2.75, 3.05) is 4.90 Å². The normalized spacial score (nSPS) is 12.9. The van der Waals surface area contributed by atoms with Crippen molar-refractivity contribution in [2.45, 2.75) is 5.41 Å². The van der Waals surface area contributed by atoms with E-state index in [0.29, 0.717) is 0 Å². The fourth-order valence-electron chi connectivity index (χ4n) is 10.9. The molecule has 1 spiro atoms. The van der Waals surface area contributed by atoms with Crippen molar-refractivity contribution >= 4 is 38.9 Å². The predicted molar refractivity (Wildman–Crippen MR) is 263 cm³/mol. The first-order valence-corrected chi connectivity index (χ1v) is 21.8. The maximum atomic E-state index is 2.47. The van der Waals surface area contributed by atoms with E-state index in [1.165, 1.54) is 88.6 Å². The molecule has 1 aromatic heterocycles. The van der Waals surface area contributed by atoms with Gasteiger partial charge in [0.1, 0.15) is 0 Å². The summed E-state index contributed by atoms with van der Waals surface area (Å²) < 4.78 is 2.39. The largest absolute Gasteiger partial charge is 0.310 e. The van der Waals surface area contributed by atoms with Gasteiger partial charge in [0.05, 0.1) is 16.4 Å². The number of nitrogens with zero attached hydrogens (tertiary/aromatic N) is 2. The molecule has 63 heavy (non-hydrogen) atoms. The monoisotopic (exact) mass is 800 g/mol. The lowest BCUT2D eigenvalue weighted by molar-refractivity contribution is 0.793. The summed E-state index contributed by atoms with van der Waals surface area (Å²) >= 11 is 0. The number of para-hydroxylation sites is 2. The maximum absolute atomic E-state index is 2.47. The summed E-state index contributed by atoms with van der Waals surface area (Å²) in [5, 5.41) is 2.49. The van der Waals surface area contributed by atoms with Gasteiger partial charge in [-0.1, -0.05) is 176 Å². The van der Waals surface area contributed by atoms with E-state index in [4.69, 9.17) is 0 Å². The Labute approximate surface area is 367 Å². The lowest BCUT2D eigenvalue weighted by atomic mass is 9.70. The molecule has 0 radical (unpaired) electrons. The summed E-state index contributed by atoms with van der Waals surface area (Å²) in [6, 6.07) is 89.3. The zero-order valence-corrected chi connectivity index (χ0v) is 34.5. The van der Waals surface area contributed by atoms with Crippen LogP contribution in [0.25, 0.3) is 72.0 Å². The van der Waals surface area contributed by atoms with Crippen LogP contribution in [0.15, 0.2) is 243 Å². The lowest BCUT2D eigenvalue weighted by Gasteiger charge is -2.32. The molecule has 294 valence electrons. The summed E-state index contributed by atoms with van der Waals surface area (Å²) in [5.74, 6) is 0. The number of benzene rings is 10. The number of rotatable bonds is 6. The van der Waals surface area contributed by atoms with Gasteiger partial charge >= 0.3 is 0 Å². The van der Waals surface area contributed by atoms with Crippen molar-refractivity contribution in [1.29, 1.82) is 0 Å². The van der Waals surface area contributed by atoms with E-state index in [1.807, 2.05) is 0 Å². The molecular formula is C61H40N2. The molecule has 0 saturated heterocycles. The van der Waals surface area contributed by atoms with Crippen molar-refractivity contribution in [3.8, 4) is 50.2 Å². The van der Waals surface area contributed by atoms with E-state index >= 15 is 0 Å². The Morgan fingerprint density at radius 2 is 0.746 bits per heavy atom. The molecular weight excluding hydrogens is 761 g/mol. The van der Waals surface area contributed by atoms with Crippen molar-refractivity contribution in [3.63, 3.8) is 0 Å². The zero-order chi connectivity index (χ0) is 41.5. The van der Waals surface area contributed by atoms with E-state index in [-0.39, 0.29) is 0 Å². The average molecular weight is 801 g/mol. The third-order valence-corrected chi connectivity index (χ3v) is 13.6. The Bertz CT molecular complexity index is 3480. The van der Waals surface area contributed by atoms with E-state index in [0.717, 1.165) is 22.7 Å². The topological polar surface area (TPSA) is 8.17 Å². The van der Waals surface area contributed by atoms with Gasteiger partial charge in [-0.25, -0.2) is 0 Å². The molecule has 2 heteroatoms. The van der Waals surface area contributed by atoms with Crippen LogP contribution in [0, 0.1) is 0 Å². The predicted octanol–water partition coefficient (Wildman–Crippen LogP) is 15.9. The van der Waals surface area contributed by atoms with Gasteiger partial charge in [0.15, 0.2) is 0 Å². The smallest absolute Gasteiger partial charge is 0.0726 e. The molecule has 2 aliphatic carbocycles. The van der Waals surface area contributed by atoms with Gasteiger partial charge in [-0.05, 0) is 133 Å². The molecule has 0 amide bonds. The molecule has 0 bridgehead atoms. The lowest BCUT2D eigenvalue weighted by Crippen LogP contribution is -2.26. The minimum absolute atomic E-state index is 0.408. The van der Waals surface area contributed by atoms with Gasteiger partial charge < -0.3 is 9.47 Å². The molecule has 10 aromatic carbocycles. The number of anilines is 3. The van der Waals surface area contributed by atoms with Gasteiger partial charge in [-0.3, -0.25) is 0 Å². The summed E-state index contributed by atoms with van der Waals surface area (Å²) in [4.78, 5) is 2.41. The summed E-state index contributed by atoms with van der Waals surface area (Å²) in [7, 11) is 0. The molecule has 0 unspecified atom stereocenters. The Hall–Kier alpha value is -8.20. The van der Waals surface area contributed by atoms with Gasteiger partial charge in [-0.15, -0.1) is 0 Å².